The molecule has 0 aromatic carbocycles. The molecule has 0 bridgehead atoms. The van der Waals surface area contributed by atoms with Gasteiger partial charge in [0, 0.05) is 59.3 Å². The van der Waals surface area contributed by atoms with Crippen molar-refractivity contribution in [3.8, 4) is 0 Å². The highest BCUT2D eigenvalue weighted by Crippen LogP contribution is 2.16. The predicted molar refractivity (Wildman–Crippen MR) is 84.1 cm³/mol. The molecular weight excluding hydrogens is 298 g/mol. The molecule has 0 N–H and O–H groups in total. The quantitative estimate of drug-likeness (QED) is 0.648. The molecule has 1 aromatic rings. The Morgan fingerprint density at radius 3 is 2.30 bits per heavy atom. The van der Waals surface area contributed by atoms with Gasteiger partial charge in [-0.05, 0) is 0 Å². The third-order valence-corrected chi connectivity index (χ3v) is 4.33. The molecule has 0 aliphatic carbocycles. The maximum Gasteiger partial charge on any atom is 0.247 e. The van der Waals surface area contributed by atoms with Gasteiger partial charge in [0.2, 0.25) is 18.3 Å². The number of rotatable bonds is 3. The summed E-state index contributed by atoms with van der Waals surface area (Å²) in [5, 5.41) is 8.19. The summed E-state index contributed by atoms with van der Waals surface area (Å²) >= 11 is 0. The van der Waals surface area contributed by atoms with E-state index in [1.807, 2.05) is 9.80 Å². The zero-order chi connectivity index (χ0) is 16.2. The summed E-state index contributed by atoms with van der Waals surface area (Å²) in [4.78, 5) is 34.5. The lowest BCUT2D eigenvalue weighted by molar-refractivity contribution is -0.129. The van der Waals surface area contributed by atoms with Crippen LogP contribution in [0.5, 0.6) is 0 Å². The number of hydrogen-bond acceptors (Lipinski definition) is 7. The van der Waals surface area contributed by atoms with E-state index in [1.165, 1.54) is 0 Å². The fraction of sp³-hybridized carbons (Fsp3) is 0.643. The van der Waals surface area contributed by atoms with Gasteiger partial charge in [-0.2, -0.15) is 10.1 Å². The fourth-order valence-corrected chi connectivity index (χ4v) is 2.85. The monoisotopic (exact) mass is 319 g/mol. The molecule has 3 heterocycles. The normalized spacial score (nSPS) is 19.0. The molecule has 0 spiro atoms. The van der Waals surface area contributed by atoms with Crippen molar-refractivity contribution < 1.29 is 9.59 Å². The smallest absolute Gasteiger partial charge is 0.247 e. The van der Waals surface area contributed by atoms with E-state index in [4.69, 9.17) is 0 Å². The van der Waals surface area contributed by atoms with Crippen LogP contribution in [0.15, 0.2) is 6.20 Å². The SMILES string of the molecule is CC(=O)N1CCN(c2cnnc(N3CCN(C=O)CC3)n2)CC1. The van der Waals surface area contributed by atoms with E-state index >= 15 is 0 Å². The third kappa shape index (κ3) is 3.49. The van der Waals surface area contributed by atoms with Crippen LogP contribution < -0.4 is 9.80 Å². The fourth-order valence-electron chi connectivity index (χ4n) is 2.85. The van der Waals surface area contributed by atoms with E-state index in [2.05, 4.69) is 20.1 Å². The van der Waals surface area contributed by atoms with Crippen LogP contribution in [-0.4, -0.2) is 89.7 Å². The molecule has 0 radical (unpaired) electrons. The molecule has 0 atom stereocenters. The van der Waals surface area contributed by atoms with E-state index in [0.717, 1.165) is 25.3 Å². The minimum Gasteiger partial charge on any atom is -0.352 e. The molecule has 0 saturated carbocycles. The average molecular weight is 319 g/mol. The number of piperazine rings is 2. The van der Waals surface area contributed by atoms with Gasteiger partial charge in [-0.1, -0.05) is 0 Å². The molecule has 2 saturated heterocycles. The summed E-state index contributed by atoms with van der Waals surface area (Å²) in [6.07, 6.45) is 2.54. The maximum absolute atomic E-state index is 11.4. The lowest BCUT2D eigenvalue weighted by Crippen LogP contribution is -2.49. The highest BCUT2D eigenvalue weighted by molar-refractivity contribution is 5.73. The van der Waals surface area contributed by atoms with Gasteiger partial charge in [-0.15, -0.1) is 5.10 Å². The molecule has 2 amide bonds. The molecule has 3 rings (SSSR count). The number of carbonyl (C=O) groups is 2. The topological polar surface area (TPSA) is 85.8 Å². The zero-order valence-corrected chi connectivity index (χ0v) is 13.3. The van der Waals surface area contributed by atoms with Crippen molar-refractivity contribution in [1.29, 1.82) is 0 Å². The van der Waals surface area contributed by atoms with Crippen LogP contribution in [0.4, 0.5) is 11.8 Å². The van der Waals surface area contributed by atoms with Gasteiger partial charge in [0.15, 0.2) is 5.82 Å². The molecule has 9 nitrogen and oxygen atoms in total. The minimum absolute atomic E-state index is 0.110. The van der Waals surface area contributed by atoms with Gasteiger partial charge in [0.05, 0.1) is 6.20 Å². The van der Waals surface area contributed by atoms with Crippen LogP contribution in [-0.2, 0) is 9.59 Å². The first kappa shape index (κ1) is 15.4. The first-order chi connectivity index (χ1) is 11.2. The Labute approximate surface area is 134 Å². The maximum atomic E-state index is 11.4. The molecule has 2 aliphatic heterocycles. The van der Waals surface area contributed by atoms with E-state index < -0.39 is 0 Å². The van der Waals surface area contributed by atoms with Gasteiger partial charge in [-0.25, -0.2) is 0 Å². The van der Waals surface area contributed by atoms with E-state index in [1.54, 1.807) is 18.0 Å². The van der Waals surface area contributed by atoms with Gasteiger partial charge >= 0.3 is 0 Å². The van der Waals surface area contributed by atoms with Gasteiger partial charge in [-0.3, -0.25) is 9.59 Å². The second-order valence-electron chi connectivity index (χ2n) is 5.74. The summed E-state index contributed by atoms with van der Waals surface area (Å²) in [6.45, 7) is 7.26. The number of nitrogens with zero attached hydrogens (tertiary/aromatic N) is 7. The van der Waals surface area contributed by atoms with Crippen molar-refractivity contribution in [2.45, 2.75) is 6.92 Å². The second-order valence-corrected chi connectivity index (χ2v) is 5.74. The lowest BCUT2D eigenvalue weighted by Gasteiger charge is -2.35. The second kappa shape index (κ2) is 6.76. The Morgan fingerprint density at radius 2 is 1.70 bits per heavy atom. The van der Waals surface area contributed by atoms with E-state index in [9.17, 15) is 9.59 Å². The van der Waals surface area contributed by atoms with Crippen LogP contribution in [0.2, 0.25) is 0 Å². The van der Waals surface area contributed by atoms with Crippen LogP contribution in [0.25, 0.3) is 0 Å². The van der Waals surface area contributed by atoms with E-state index in [0.29, 0.717) is 45.2 Å². The van der Waals surface area contributed by atoms with Crippen molar-refractivity contribution in [2.24, 2.45) is 0 Å². The highest BCUT2D eigenvalue weighted by Gasteiger charge is 2.22. The largest absolute Gasteiger partial charge is 0.352 e. The first-order valence-corrected chi connectivity index (χ1v) is 7.82. The Kier molecular flexibility index (Phi) is 4.54. The number of hydrogen-bond donors (Lipinski definition) is 0. The molecular formula is C14H21N7O2. The van der Waals surface area contributed by atoms with Crippen molar-refractivity contribution in [3.63, 3.8) is 0 Å². The summed E-state index contributed by atoms with van der Waals surface area (Å²) in [6, 6.07) is 0. The van der Waals surface area contributed by atoms with Crippen LogP contribution in [0.1, 0.15) is 6.92 Å². The molecule has 1 aromatic heterocycles. The van der Waals surface area contributed by atoms with Gasteiger partial charge < -0.3 is 19.6 Å². The number of amides is 2. The van der Waals surface area contributed by atoms with Crippen molar-refractivity contribution in [3.05, 3.63) is 6.20 Å². The number of carbonyl (C=O) groups excluding carboxylic acids is 2. The molecule has 9 heteroatoms. The minimum atomic E-state index is 0.110. The number of anilines is 2. The van der Waals surface area contributed by atoms with Crippen LogP contribution >= 0.6 is 0 Å². The molecule has 23 heavy (non-hydrogen) atoms. The number of aromatic nitrogens is 3. The predicted octanol–water partition coefficient (Wildman–Crippen LogP) is -1.18. The summed E-state index contributed by atoms with van der Waals surface area (Å²) in [5.41, 5.74) is 0. The Bertz CT molecular complexity index is 566. The Morgan fingerprint density at radius 1 is 1.04 bits per heavy atom. The average Bonchev–Trinajstić information content (AvgIpc) is 2.62. The zero-order valence-electron chi connectivity index (χ0n) is 13.3. The van der Waals surface area contributed by atoms with E-state index in [-0.39, 0.29) is 5.91 Å². The first-order valence-electron chi connectivity index (χ1n) is 7.82. The molecule has 0 unspecified atom stereocenters. The lowest BCUT2D eigenvalue weighted by atomic mass is 10.3. The standard InChI is InChI=1S/C14H21N7O2/c1-12(23)19-6-8-20(9-7-19)13-10-15-17-14(16-13)21-4-2-18(11-22)3-5-21/h10-11H,2-9H2,1H3. The van der Waals surface area contributed by atoms with Gasteiger partial charge in [0.1, 0.15) is 0 Å². The van der Waals surface area contributed by atoms with Crippen LogP contribution in [0.3, 0.4) is 0 Å². The van der Waals surface area contributed by atoms with Crippen molar-refractivity contribution in [1.82, 2.24) is 25.0 Å². The van der Waals surface area contributed by atoms with Crippen LogP contribution in [0, 0.1) is 0 Å². The summed E-state index contributed by atoms with van der Waals surface area (Å²) < 4.78 is 0. The summed E-state index contributed by atoms with van der Waals surface area (Å²) in [7, 11) is 0. The third-order valence-electron chi connectivity index (χ3n) is 4.33. The van der Waals surface area contributed by atoms with Gasteiger partial charge in [0.25, 0.3) is 0 Å². The van der Waals surface area contributed by atoms with Crippen molar-refractivity contribution >= 4 is 24.1 Å². The summed E-state index contributed by atoms with van der Waals surface area (Å²) in [5.74, 6) is 1.50. The molecule has 2 aliphatic rings. The Balaban J connectivity index is 1.64. The Hall–Kier alpha value is -2.45. The highest BCUT2D eigenvalue weighted by atomic mass is 16.2. The molecule has 2 fully saturated rings. The molecule has 124 valence electrons. The van der Waals surface area contributed by atoms with Crippen molar-refractivity contribution in [2.75, 3.05) is 62.2 Å².